The molecule has 1 aliphatic heterocycles. The normalized spacial score (nSPS) is 21.3. The maximum absolute atomic E-state index is 13.8. The molecule has 0 spiro atoms. The molecule has 7 heteroatoms. The quantitative estimate of drug-likeness (QED) is 0.706. The van der Waals surface area contributed by atoms with Gasteiger partial charge in [0.25, 0.3) is 5.91 Å². The molecule has 32 heavy (non-hydrogen) atoms. The van der Waals surface area contributed by atoms with Crippen LogP contribution in [0.1, 0.15) is 63.4 Å². The first-order chi connectivity index (χ1) is 15.3. The summed E-state index contributed by atoms with van der Waals surface area (Å²) in [6.45, 7) is 7.09. The molecular formula is C25H35N3O4. The number of aromatic nitrogens is 1. The zero-order valence-corrected chi connectivity index (χ0v) is 19.9. The van der Waals surface area contributed by atoms with Gasteiger partial charge in [-0.15, -0.1) is 0 Å². The molecule has 1 aliphatic carbocycles. The molecule has 0 bridgehead atoms. The number of benzene rings is 1. The van der Waals surface area contributed by atoms with Gasteiger partial charge in [-0.05, 0) is 50.3 Å². The average Bonchev–Trinajstić information content (AvgIpc) is 3.41. The standard InChI is InChI=1S/C25H35N3O4/c1-16(2)12-13-28-23(29)19-14-18-20(31-4)10-11-21(32-5)22(18)27(19)15-25(28,3)24(30)26-17-8-6-7-9-17/h10-11,14,16-17H,6-9,12-13,15H2,1-5H3,(H,26,30)/t25-/m1/s1. The largest absolute Gasteiger partial charge is 0.496 e. The first kappa shape index (κ1) is 22.5. The fourth-order valence-corrected chi connectivity index (χ4v) is 5.10. The van der Waals surface area contributed by atoms with Gasteiger partial charge in [0.05, 0.1) is 26.3 Å². The molecule has 2 amide bonds. The molecule has 174 valence electrons. The number of rotatable bonds is 7. The summed E-state index contributed by atoms with van der Waals surface area (Å²) in [5, 5.41) is 4.07. The number of ether oxygens (including phenoxy) is 2. The molecule has 0 unspecified atom stereocenters. The van der Waals surface area contributed by atoms with E-state index in [0.29, 0.717) is 36.2 Å². The van der Waals surface area contributed by atoms with Crippen LogP contribution >= 0.6 is 0 Å². The van der Waals surface area contributed by atoms with E-state index in [2.05, 4.69) is 19.2 Å². The van der Waals surface area contributed by atoms with Crippen molar-refractivity contribution in [2.75, 3.05) is 20.8 Å². The smallest absolute Gasteiger partial charge is 0.271 e. The SMILES string of the molecule is COc1ccc(OC)c2c1cc1n2C[C@](C)(C(=O)NC2CCCC2)N(CCC(C)C)C1=O. The number of fused-ring (bicyclic) bond motifs is 3. The third kappa shape index (κ3) is 3.71. The molecule has 7 nitrogen and oxygen atoms in total. The number of hydrogen-bond acceptors (Lipinski definition) is 4. The highest BCUT2D eigenvalue weighted by Gasteiger charge is 2.48. The van der Waals surface area contributed by atoms with E-state index >= 15 is 0 Å². The highest BCUT2D eigenvalue weighted by atomic mass is 16.5. The van der Waals surface area contributed by atoms with Gasteiger partial charge >= 0.3 is 0 Å². The van der Waals surface area contributed by atoms with Crippen LogP contribution in [0.5, 0.6) is 11.5 Å². The Morgan fingerprint density at radius 1 is 1.19 bits per heavy atom. The highest BCUT2D eigenvalue weighted by molar-refractivity contribution is 6.05. The predicted molar refractivity (Wildman–Crippen MR) is 124 cm³/mol. The Labute approximate surface area is 190 Å². The van der Waals surface area contributed by atoms with E-state index in [9.17, 15) is 9.59 Å². The molecule has 1 N–H and O–H groups in total. The number of methoxy groups -OCH3 is 2. The van der Waals surface area contributed by atoms with Crippen LogP contribution in [-0.4, -0.2) is 53.6 Å². The van der Waals surface area contributed by atoms with Crippen molar-refractivity contribution in [2.45, 2.75) is 71.0 Å². The number of nitrogens with one attached hydrogen (secondary N) is 1. The molecule has 2 aromatic rings. The van der Waals surface area contributed by atoms with Crippen LogP contribution in [0.3, 0.4) is 0 Å². The second-order valence-electron chi connectivity index (χ2n) is 9.72. The second kappa shape index (κ2) is 8.68. The minimum atomic E-state index is -0.985. The minimum Gasteiger partial charge on any atom is -0.496 e. The van der Waals surface area contributed by atoms with Crippen LogP contribution in [0.15, 0.2) is 18.2 Å². The summed E-state index contributed by atoms with van der Waals surface area (Å²) in [6, 6.07) is 5.76. The molecule has 2 heterocycles. The number of carbonyl (C=O) groups is 2. The van der Waals surface area contributed by atoms with Gasteiger partial charge in [-0.1, -0.05) is 26.7 Å². The van der Waals surface area contributed by atoms with E-state index in [0.717, 1.165) is 43.0 Å². The summed E-state index contributed by atoms with van der Waals surface area (Å²) in [6.07, 6.45) is 5.13. The van der Waals surface area contributed by atoms with Crippen molar-refractivity contribution in [3.63, 3.8) is 0 Å². The van der Waals surface area contributed by atoms with Crippen molar-refractivity contribution >= 4 is 22.7 Å². The maximum atomic E-state index is 13.8. The lowest BCUT2D eigenvalue weighted by atomic mass is 9.93. The average molecular weight is 442 g/mol. The topological polar surface area (TPSA) is 72.8 Å². The Hall–Kier alpha value is -2.70. The summed E-state index contributed by atoms with van der Waals surface area (Å²) in [7, 11) is 3.24. The van der Waals surface area contributed by atoms with Gasteiger partial charge < -0.3 is 24.3 Å². The lowest BCUT2D eigenvalue weighted by Gasteiger charge is -2.44. The van der Waals surface area contributed by atoms with E-state index in [-0.39, 0.29) is 17.9 Å². The van der Waals surface area contributed by atoms with Crippen LogP contribution in [0.4, 0.5) is 0 Å². The van der Waals surface area contributed by atoms with Gasteiger partial charge in [0.2, 0.25) is 5.91 Å². The van der Waals surface area contributed by atoms with Gasteiger partial charge in [-0.25, -0.2) is 0 Å². The third-order valence-electron chi connectivity index (χ3n) is 7.06. The van der Waals surface area contributed by atoms with Crippen molar-refractivity contribution in [1.82, 2.24) is 14.8 Å². The van der Waals surface area contributed by atoms with Crippen molar-refractivity contribution in [3.05, 3.63) is 23.9 Å². The zero-order chi connectivity index (χ0) is 23.0. The highest BCUT2D eigenvalue weighted by Crippen LogP contribution is 2.40. The van der Waals surface area contributed by atoms with Crippen LogP contribution in [0, 0.1) is 5.92 Å². The van der Waals surface area contributed by atoms with Crippen molar-refractivity contribution < 1.29 is 19.1 Å². The molecule has 0 radical (unpaired) electrons. The first-order valence-electron chi connectivity index (χ1n) is 11.7. The molecular weight excluding hydrogens is 406 g/mol. The van der Waals surface area contributed by atoms with Crippen molar-refractivity contribution in [3.8, 4) is 11.5 Å². The summed E-state index contributed by atoms with van der Waals surface area (Å²) in [4.78, 5) is 29.2. The number of amides is 2. The molecule has 0 saturated heterocycles. The molecule has 1 atom stereocenters. The Balaban J connectivity index is 1.82. The van der Waals surface area contributed by atoms with E-state index in [4.69, 9.17) is 9.47 Å². The van der Waals surface area contributed by atoms with Crippen LogP contribution in [0.25, 0.3) is 10.9 Å². The van der Waals surface area contributed by atoms with Crippen LogP contribution < -0.4 is 14.8 Å². The van der Waals surface area contributed by atoms with Crippen LogP contribution in [-0.2, 0) is 11.3 Å². The number of carbonyl (C=O) groups excluding carboxylic acids is 2. The van der Waals surface area contributed by atoms with Gasteiger partial charge in [-0.2, -0.15) is 0 Å². The van der Waals surface area contributed by atoms with Crippen LogP contribution in [0.2, 0.25) is 0 Å². The third-order valence-corrected chi connectivity index (χ3v) is 7.06. The molecule has 1 aromatic carbocycles. The fraction of sp³-hybridized carbons (Fsp3) is 0.600. The molecule has 1 fully saturated rings. The molecule has 2 aliphatic rings. The Morgan fingerprint density at radius 2 is 1.84 bits per heavy atom. The molecule has 1 saturated carbocycles. The lowest BCUT2D eigenvalue weighted by molar-refractivity contribution is -0.133. The fourth-order valence-electron chi connectivity index (χ4n) is 5.10. The van der Waals surface area contributed by atoms with Gasteiger partial charge in [0.15, 0.2) is 0 Å². The van der Waals surface area contributed by atoms with Crippen molar-refractivity contribution in [1.29, 1.82) is 0 Å². The van der Waals surface area contributed by atoms with Gasteiger partial charge in [0.1, 0.15) is 22.7 Å². The molecule has 1 aromatic heterocycles. The lowest BCUT2D eigenvalue weighted by Crippen LogP contribution is -2.65. The zero-order valence-electron chi connectivity index (χ0n) is 19.9. The summed E-state index contributed by atoms with van der Waals surface area (Å²) in [5.74, 6) is 1.57. The van der Waals surface area contributed by atoms with Gasteiger partial charge in [0, 0.05) is 18.0 Å². The number of nitrogens with zero attached hydrogens (tertiary/aromatic N) is 2. The Morgan fingerprint density at radius 3 is 2.47 bits per heavy atom. The maximum Gasteiger partial charge on any atom is 0.271 e. The predicted octanol–water partition coefficient (Wildman–Crippen LogP) is 3.98. The molecule has 4 rings (SSSR count). The van der Waals surface area contributed by atoms with E-state index in [1.54, 1.807) is 19.1 Å². The van der Waals surface area contributed by atoms with E-state index in [1.807, 2.05) is 29.7 Å². The minimum absolute atomic E-state index is 0.0733. The monoisotopic (exact) mass is 441 g/mol. The Kier molecular flexibility index (Phi) is 6.10. The van der Waals surface area contributed by atoms with Gasteiger partial charge in [-0.3, -0.25) is 9.59 Å². The van der Waals surface area contributed by atoms with E-state index in [1.165, 1.54) is 0 Å². The summed E-state index contributed by atoms with van der Waals surface area (Å²) < 4.78 is 13.1. The van der Waals surface area contributed by atoms with Crippen molar-refractivity contribution in [2.24, 2.45) is 5.92 Å². The second-order valence-corrected chi connectivity index (χ2v) is 9.72. The van der Waals surface area contributed by atoms with E-state index < -0.39 is 5.54 Å². The number of hydrogen-bond donors (Lipinski definition) is 1. The first-order valence-corrected chi connectivity index (χ1v) is 11.7. The summed E-state index contributed by atoms with van der Waals surface area (Å²) >= 11 is 0. The Bertz CT molecular complexity index is 1020. The summed E-state index contributed by atoms with van der Waals surface area (Å²) in [5.41, 5.74) is 0.373.